The third-order valence-corrected chi connectivity index (χ3v) is 3.83. The summed E-state index contributed by atoms with van der Waals surface area (Å²) in [4.78, 5) is 12.5. The van der Waals surface area contributed by atoms with Crippen molar-refractivity contribution in [2.45, 2.75) is 6.54 Å². The number of methoxy groups -OCH3 is 1. The van der Waals surface area contributed by atoms with Gasteiger partial charge in [0.05, 0.1) is 13.7 Å². The van der Waals surface area contributed by atoms with Gasteiger partial charge >= 0.3 is 0 Å². The van der Waals surface area contributed by atoms with Crippen LogP contribution in [0.2, 0.25) is 5.15 Å². The van der Waals surface area contributed by atoms with Crippen molar-refractivity contribution in [2.24, 2.45) is 0 Å². The number of hydrogen-bond donors (Lipinski definition) is 0. The number of aromatic nitrogens is 1. The molecule has 3 rings (SSSR count). The lowest BCUT2D eigenvalue weighted by molar-refractivity contribution is 0.414. The van der Waals surface area contributed by atoms with E-state index < -0.39 is 5.82 Å². The van der Waals surface area contributed by atoms with E-state index in [2.05, 4.69) is 0 Å². The molecule has 0 radical (unpaired) electrons. The number of rotatable bonds is 3. The summed E-state index contributed by atoms with van der Waals surface area (Å²) in [7, 11) is 1.60. The summed E-state index contributed by atoms with van der Waals surface area (Å²) in [6, 6.07) is 13.1. The normalized spacial score (nSPS) is 10.9. The molecule has 0 aliphatic heterocycles. The second-order valence-corrected chi connectivity index (χ2v) is 5.33. The SMILES string of the molecule is COc1ccc(Cn2c(Cl)cc3cc(F)ccc3c2=O)cc1. The van der Waals surface area contributed by atoms with Gasteiger partial charge in [-0.15, -0.1) is 0 Å². The first-order chi connectivity index (χ1) is 10.6. The summed E-state index contributed by atoms with van der Waals surface area (Å²) in [6.45, 7) is 0.342. The van der Waals surface area contributed by atoms with Gasteiger partial charge in [0.15, 0.2) is 0 Å². The minimum Gasteiger partial charge on any atom is -0.497 e. The largest absolute Gasteiger partial charge is 0.497 e. The molecule has 0 aliphatic carbocycles. The maximum Gasteiger partial charge on any atom is 0.259 e. The third-order valence-electron chi connectivity index (χ3n) is 3.52. The maximum absolute atomic E-state index is 13.3. The Labute approximate surface area is 131 Å². The number of halogens is 2. The van der Waals surface area contributed by atoms with Crippen LogP contribution in [0.1, 0.15) is 5.56 Å². The molecule has 112 valence electrons. The molecule has 0 saturated carbocycles. The van der Waals surface area contributed by atoms with Gasteiger partial charge in [-0.3, -0.25) is 9.36 Å². The van der Waals surface area contributed by atoms with Crippen LogP contribution in [0.4, 0.5) is 4.39 Å². The van der Waals surface area contributed by atoms with Gasteiger partial charge in [-0.1, -0.05) is 23.7 Å². The first kappa shape index (κ1) is 14.6. The quantitative estimate of drug-likeness (QED) is 0.687. The van der Waals surface area contributed by atoms with E-state index in [1.165, 1.54) is 22.8 Å². The standard InChI is InChI=1S/C17H13ClFNO2/c1-22-14-5-2-11(3-6-14)10-20-16(18)9-12-8-13(19)4-7-15(12)17(20)21/h2-9H,10H2,1H3. The topological polar surface area (TPSA) is 31.2 Å². The summed E-state index contributed by atoms with van der Waals surface area (Å²) in [5.74, 6) is 0.354. The molecule has 3 nitrogen and oxygen atoms in total. The monoisotopic (exact) mass is 317 g/mol. The second-order valence-electron chi connectivity index (χ2n) is 4.94. The smallest absolute Gasteiger partial charge is 0.259 e. The molecule has 2 aromatic carbocycles. The molecule has 1 aromatic heterocycles. The van der Waals surface area contributed by atoms with Crippen molar-refractivity contribution in [3.63, 3.8) is 0 Å². The second kappa shape index (κ2) is 5.81. The average Bonchev–Trinajstić information content (AvgIpc) is 2.51. The Morgan fingerprint density at radius 3 is 2.55 bits per heavy atom. The third kappa shape index (κ3) is 2.70. The first-order valence-corrected chi connectivity index (χ1v) is 7.08. The fourth-order valence-corrected chi connectivity index (χ4v) is 2.61. The van der Waals surface area contributed by atoms with E-state index in [0.29, 0.717) is 17.3 Å². The van der Waals surface area contributed by atoms with Crippen LogP contribution in [0.15, 0.2) is 53.3 Å². The summed E-state index contributed by atoms with van der Waals surface area (Å²) in [6.07, 6.45) is 0. The van der Waals surface area contributed by atoms with Crippen LogP contribution >= 0.6 is 11.6 Å². The molecule has 0 unspecified atom stereocenters. The van der Waals surface area contributed by atoms with Gasteiger partial charge < -0.3 is 4.74 Å². The molecule has 0 saturated heterocycles. The average molecular weight is 318 g/mol. The van der Waals surface area contributed by atoms with Crippen molar-refractivity contribution in [3.05, 3.63) is 75.4 Å². The van der Waals surface area contributed by atoms with E-state index in [4.69, 9.17) is 16.3 Å². The molecule has 0 aliphatic rings. The lowest BCUT2D eigenvalue weighted by Crippen LogP contribution is -2.21. The Morgan fingerprint density at radius 1 is 1.14 bits per heavy atom. The van der Waals surface area contributed by atoms with E-state index in [-0.39, 0.29) is 10.7 Å². The van der Waals surface area contributed by atoms with E-state index in [9.17, 15) is 9.18 Å². The summed E-state index contributed by atoms with van der Waals surface area (Å²) >= 11 is 6.19. The minimum atomic E-state index is -0.393. The number of ether oxygens (including phenoxy) is 1. The highest BCUT2D eigenvalue weighted by molar-refractivity contribution is 6.30. The number of benzene rings is 2. The lowest BCUT2D eigenvalue weighted by atomic mass is 10.1. The van der Waals surface area contributed by atoms with Gasteiger partial charge in [0.25, 0.3) is 5.56 Å². The first-order valence-electron chi connectivity index (χ1n) is 6.70. The molecule has 0 N–H and O–H groups in total. The van der Waals surface area contributed by atoms with Crippen LogP contribution in [0.5, 0.6) is 5.75 Å². The molecule has 0 spiro atoms. The lowest BCUT2D eigenvalue weighted by Gasteiger charge is -2.11. The molecule has 22 heavy (non-hydrogen) atoms. The predicted octanol–water partition coefficient (Wildman–Crippen LogP) is 3.85. The molecule has 5 heteroatoms. The van der Waals surface area contributed by atoms with E-state index in [0.717, 1.165) is 11.3 Å². The van der Waals surface area contributed by atoms with Gasteiger partial charge in [-0.2, -0.15) is 0 Å². The van der Waals surface area contributed by atoms with Crippen LogP contribution in [-0.4, -0.2) is 11.7 Å². The Kier molecular flexibility index (Phi) is 3.86. The highest BCUT2D eigenvalue weighted by Crippen LogP contribution is 2.19. The summed E-state index contributed by atoms with van der Waals surface area (Å²) in [5.41, 5.74) is 0.685. The van der Waals surface area contributed by atoms with Crippen molar-refractivity contribution < 1.29 is 9.13 Å². The Morgan fingerprint density at radius 2 is 1.86 bits per heavy atom. The van der Waals surface area contributed by atoms with E-state index >= 15 is 0 Å². The van der Waals surface area contributed by atoms with Crippen molar-refractivity contribution >= 4 is 22.4 Å². The Balaban J connectivity index is 2.06. The maximum atomic E-state index is 13.3. The fourth-order valence-electron chi connectivity index (χ4n) is 2.36. The minimum absolute atomic E-state index is 0.238. The van der Waals surface area contributed by atoms with Crippen LogP contribution < -0.4 is 10.3 Å². The zero-order chi connectivity index (χ0) is 15.7. The van der Waals surface area contributed by atoms with Gasteiger partial charge in [0.1, 0.15) is 16.7 Å². The highest BCUT2D eigenvalue weighted by atomic mass is 35.5. The van der Waals surface area contributed by atoms with Gasteiger partial charge in [-0.05, 0) is 47.3 Å². The molecule has 0 bridgehead atoms. The summed E-state index contributed by atoms with van der Waals surface area (Å²) < 4.78 is 19.8. The molecular weight excluding hydrogens is 305 g/mol. The number of hydrogen-bond acceptors (Lipinski definition) is 2. The molecule has 1 heterocycles. The van der Waals surface area contributed by atoms with Crippen molar-refractivity contribution in [2.75, 3.05) is 7.11 Å². The van der Waals surface area contributed by atoms with Crippen LogP contribution in [0.3, 0.4) is 0 Å². The Bertz CT molecular complexity index is 888. The number of nitrogens with zero attached hydrogens (tertiary/aromatic N) is 1. The van der Waals surface area contributed by atoms with Crippen LogP contribution in [-0.2, 0) is 6.54 Å². The van der Waals surface area contributed by atoms with Crippen molar-refractivity contribution in [3.8, 4) is 5.75 Å². The van der Waals surface area contributed by atoms with Crippen molar-refractivity contribution in [1.82, 2.24) is 4.57 Å². The zero-order valence-electron chi connectivity index (χ0n) is 11.8. The predicted molar refractivity (Wildman–Crippen MR) is 85.3 cm³/mol. The number of pyridine rings is 1. The summed E-state index contributed by atoms with van der Waals surface area (Å²) in [5, 5.41) is 1.22. The van der Waals surface area contributed by atoms with Gasteiger partial charge in [0, 0.05) is 5.39 Å². The highest BCUT2D eigenvalue weighted by Gasteiger charge is 2.09. The molecule has 0 atom stereocenters. The molecule has 3 aromatic rings. The molecular formula is C17H13ClFNO2. The Hall–Kier alpha value is -2.33. The fraction of sp³-hybridized carbons (Fsp3) is 0.118. The van der Waals surface area contributed by atoms with Gasteiger partial charge in [0.2, 0.25) is 0 Å². The van der Waals surface area contributed by atoms with E-state index in [1.54, 1.807) is 13.2 Å². The van der Waals surface area contributed by atoms with Crippen LogP contribution in [0, 0.1) is 5.82 Å². The van der Waals surface area contributed by atoms with Crippen LogP contribution in [0.25, 0.3) is 10.8 Å². The van der Waals surface area contributed by atoms with Crippen molar-refractivity contribution in [1.29, 1.82) is 0 Å². The zero-order valence-corrected chi connectivity index (χ0v) is 12.6. The number of fused-ring (bicyclic) bond motifs is 1. The van der Waals surface area contributed by atoms with Gasteiger partial charge in [-0.25, -0.2) is 4.39 Å². The molecule has 0 fully saturated rings. The molecule has 0 amide bonds. The van der Waals surface area contributed by atoms with E-state index in [1.807, 2.05) is 24.3 Å².